The number of hydrogen-bond donors (Lipinski definition) is 3. The Morgan fingerprint density at radius 1 is 1.48 bits per heavy atom. The van der Waals surface area contributed by atoms with E-state index in [0.717, 1.165) is 57.0 Å². The fourth-order valence-electron chi connectivity index (χ4n) is 2.66. The summed E-state index contributed by atoms with van der Waals surface area (Å²) in [5, 5.41) is 13.7. The van der Waals surface area contributed by atoms with Crippen molar-refractivity contribution >= 4 is 29.9 Å². The van der Waals surface area contributed by atoms with Gasteiger partial charge in [0.05, 0.1) is 18.3 Å². The van der Waals surface area contributed by atoms with Gasteiger partial charge < -0.3 is 15.4 Å². The maximum absolute atomic E-state index is 5.78. The maximum atomic E-state index is 5.78. The highest BCUT2D eigenvalue weighted by molar-refractivity contribution is 14.0. The highest BCUT2D eigenvalue weighted by atomic mass is 127. The number of aromatic amines is 1. The number of H-pyrrole nitrogens is 1. The van der Waals surface area contributed by atoms with Crippen molar-refractivity contribution in [2.45, 2.75) is 52.1 Å². The Balaban J connectivity index is 0.00000264. The first-order valence-electron chi connectivity index (χ1n) is 8.28. The van der Waals surface area contributed by atoms with E-state index in [2.05, 4.69) is 46.6 Å². The van der Waals surface area contributed by atoms with Crippen molar-refractivity contribution < 1.29 is 4.74 Å². The Morgan fingerprint density at radius 2 is 2.30 bits per heavy atom. The molecule has 3 N–H and O–H groups in total. The minimum Gasteiger partial charge on any atom is -0.373 e. The van der Waals surface area contributed by atoms with E-state index < -0.39 is 0 Å². The number of rotatable bonds is 7. The molecule has 1 atom stereocenters. The molecule has 2 heterocycles. The second-order valence-corrected chi connectivity index (χ2v) is 6.15. The molecule has 6 nitrogen and oxygen atoms in total. The number of guanidine groups is 1. The van der Waals surface area contributed by atoms with Crippen molar-refractivity contribution in [1.29, 1.82) is 0 Å². The normalized spacial score (nSPS) is 21.1. The molecule has 1 aliphatic heterocycles. The molecule has 0 amide bonds. The molecule has 1 aliphatic rings. The number of nitrogens with one attached hydrogen (secondary N) is 3. The van der Waals surface area contributed by atoms with Crippen LogP contribution in [-0.2, 0) is 11.2 Å². The number of hydrogen-bond acceptors (Lipinski definition) is 3. The van der Waals surface area contributed by atoms with Crippen LogP contribution in [0.3, 0.4) is 0 Å². The number of aromatic nitrogens is 2. The topological polar surface area (TPSA) is 74.3 Å². The van der Waals surface area contributed by atoms with Crippen LogP contribution in [-0.4, -0.2) is 48.0 Å². The van der Waals surface area contributed by atoms with Crippen LogP contribution in [0.25, 0.3) is 0 Å². The van der Waals surface area contributed by atoms with Gasteiger partial charge in [-0.15, -0.1) is 24.0 Å². The van der Waals surface area contributed by atoms with Gasteiger partial charge in [0.25, 0.3) is 0 Å². The fraction of sp³-hybridized carbons (Fsp3) is 0.750. The van der Waals surface area contributed by atoms with Gasteiger partial charge in [0.1, 0.15) is 0 Å². The third kappa shape index (κ3) is 6.66. The third-order valence-corrected chi connectivity index (χ3v) is 4.07. The van der Waals surface area contributed by atoms with Crippen LogP contribution in [0.2, 0.25) is 0 Å². The lowest BCUT2D eigenvalue weighted by atomic mass is 10.0. The zero-order valence-corrected chi connectivity index (χ0v) is 16.8. The van der Waals surface area contributed by atoms with Crippen molar-refractivity contribution in [3.05, 3.63) is 17.5 Å². The van der Waals surface area contributed by atoms with Gasteiger partial charge in [0, 0.05) is 25.4 Å². The van der Waals surface area contributed by atoms with Crippen LogP contribution in [0.4, 0.5) is 0 Å². The quantitative estimate of drug-likeness (QED) is 0.266. The summed E-state index contributed by atoms with van der Waals surface area (Å²) < 4.78 is 5.78. The number of ether oxygens (including phenoxy) is 1. The minimum atomic E-state index is -0.0870. The van der Waals surface area contributed by atoms with Gasteiger partial charge >= 0.3 is 0 Å². The molecule has 0 saturated carbocycles. The Labute approximate surface area is 156 Å². The van der Waals surface area contributed by atoms with Gasteiger partial charge in [-0.3, -0.25) is 10.1 Å². The molecule has 1 unspecified atom stereocenters. The van der Waals surface area contributed by atoms with Crippen LogP contribution >= 0.6 is 24.0 Å². The SMILES string of the molecule is CCNC(=NCC1(C)CCCO1)NCCCc1cn[nH]c1C.I. The Bertz CT molecular complexity index is 483. The van der Waals surface area contributed by atoms with Crippen molar-refractivity contribution in [2.24, 2.45) is 4.99 Å². The van der Waals surface area contributed by atoms with E-state index >= 15 is 0 Å². The number of aryl methyl sites for hydroxylation is 2. The van der Waals surface area contributed by atoms with Crippen molar-refractivity contribution in [3.63, 3.8) is 0 Å². The number of aliphatic imine (C=N–C) groups is 1. The number of nitrogens with zero attached hydrogens (tertiary/aromatic N) is 2. The predicted octanol–water partition coefficient (Wildman–Crippen LogP) is 2.39. The molecule has 0 aliphatic carbocycles. The van der Waals surface area contributed by atoms with Gasteiger partial charge in [0.15, 0.2) is 5.96 Å². The monoisotopic (exact) mass is 435 g/mol. The van der Waals surface area contributed by atoms with Crippen LogP contribution in [0.1, 0.15) is 44.4 Å². The molecular formula is C16H30IN5O. The molecule has 7 heteroatoms. The molecule has 1 aromatic heterocycles. The Hall–Kier alpha value is -0.830. The summed E-state index contributed by atoms with van der Waals surface area (Å²) in [7, 11) is 0. The first-order chi connectivity index (χ1) is 10.6. The van der Waals surface area contributed by atoms with E-state index in [9.17, 15) is 0 Å². The van der Waals surface area contributed by atoms with Crippen LogP contribution in [0.15, 0.2) is 11.2 Å². The average molecular weight is 435 g/mol. The van der Waals surface area contributed by atoms with Gasteiger partial charge in [-0.1, -0.05) is 0 Å². The van der Waals surface area contributed by atoms with Gasteiger partial charge in [-0.05, 0) is 52.0 Å². The summed E-state index contributed by atoms with van der Waals surface area (Å²) in [5.41, 5.74) is 2.36. The molecule has 0 bridgehead atoms. The lowest BCUT2D eigenvalue weighted by Gasteiger charge is -2.21. The maximum Gasteiger partial charge on any atom is 0.191 e. The summed E-state index contributed by atoms with van der Waals surface area (Å²) in [5.74, 6) is 0.878. The van der Waals surface area contributed by atoms with E-state index in [-0.39, 0.29) is 29.6 Å². The molecular weight excluding hydrogens is 405 g/mol. The molecule has 1 fully saturated rings. The van der Waals surface area contributed by atoms with Crippen molar-refractivity contribution in [3.8, 4) is 0 Å². The minimum absolute atomic E-state index is 0. The van der Waals surface area contributed by atoms with E-state index in [1.165, 1.54) is 5.56 Å². The predicted molar refractivity (Wildman–Crippen MR) is 105 cm³/mol. The van der Waals surface area contributed by atoms with E-state index in [1.807, 2.05) is 6.20 Å². The number of halogens is 1. The molecule has 132 valence electrons. The van der Waals surface area contributed by atoms with Crippen LogP contribution in [0.5, 0.6) is 0 Å². The highest BCUT2D eigenvalue weighted by Gasteiger charge is 2.29. The molecule has 0 radical (unpaired) electrons. The summed E-state index contributed by atoms with van der Waals surface area (Å²) in [6, 6.07) is 0. The third-order valence-electron chi connectivity index (χ3n) is 4.07. The summed E-state index contributed by atoms with van der Waals surface area (Å²) >= 11 is 0. The van der Waals surface area contributed by atoms with E-state index in [1.54, 1.807) is 0 Å². The zero-order valence-electron chi connectivity index (χ0n) is 14.4. The highest BCUT2D eigenvalue weighted by Crippen LogP contribution is 2.24. The van der Waals surface area contributed by atoms with Crippen LogP contribution < -0.4 is 10.6 Å². The Kier molecular flexibility index (Phi) is 8.90. The average Bonchev–Trinajstić information content (AvgIpc) is 3.10. The second kappa shape index (κ2) is 10.1. The first-order valence-corrected chi connectivity index (χ1v) is 8.28. The molecule has 0 spiro atoms. The van der Waals surface area contributed by atoms with Crippen molar-refractivity contribution in [1.82, 2.24) is 20.8 Å². The fourth-order valence-corrected chi connectivity index (χ4v) is 2.66. The lowest BCUT2D eigenvalue weighted by Crippen LogP contribution is -2.39. The molecule has 23 heavy (non-hydrogen) atoms. The molecule has 0 aromatic carbocycles. The molecule has 1 aromatic rings. The first kappa shape index (κ1) is 20.2. The zero-order chi connectivity index (χ0) is 15.8. The van der Waals surface area contributed by atoms with E-state index in [4.69, 9.17) is 4.74 Å². The summed E-state index contributed by atoms with van der Waals surface area (Å²) in [6.07, 6.45) is 6.22. The Morgan fingerprint density at radius 3 is 2.91 bits per heavy atom. The largest absolute Gasteiger partial charge is 0.373 e. The van der Waals surface area contributed by atoms with Gasteiger partial charge in [0.2, 0.25) is 0 Å². The van der Waals surface area contributed by atoms with Crippen LogP contribution in [0, 0.1) is 6.92 Å². The lowest BCUT2D eigenvalue weighted by molar-refractivity contribution is 0.0283. The van der Waals surface area contributed by atoms with Gasteiger partial charge in [-0.25, -0.2) is 0 Å². The van der Waals surface area contributed by atoms with Gasteiger partial charge in [-0.2, -0.15) is 5.10 Å². The summed E-state index contributed by atoms with van der Waals surface area (Å²) in [6.45, 7) is 9.62. The second-order valence-electron chi connectivity index (χ2n) is 6.15. The standard InChI is InChI=1S/C16H29N5O.HI/c1-4-17-15(19-12-16(3)8-6-10-22-16)18-9-5-7-14-11-20-21-13(14)2;/h11H,4-10,12H2,1-3H3,(H,20,21)(H2,17,18,19);1H. The molecule has 1 saturated heterocycles. The van der Waals surface area contributed by atoms with E-state index in [0.29, 0.717) is 6.54 Å². The molecule has 2 rings (SSSR count). The smallest absolute Gasteiger partial charge is 0.191 e. The summed E-state index contributed by atoms with van der Waals surface area (Å²) in [4.78, 5) is 4.67. The van der Waals surface area contributed by atoms with Crippen molar-refractivity contribution in [2.75, 3.05) is 26.2 Å².